The number of aromatic nitrogens is 4. The van der Waals surface area contributed by atoms with Crippen LogP contribution in [0.1, 0.15) is 11.4 Å². The molecule has 27 heavy (non-hydrogen) atoms. The SMILES string of the molecule is O=C(Cc1ccc(F)cc1)NCc1nnc2ccc(-c3ccccc3)nn12. The maximum absolute atomic E-state index is 12.9. The van der Waals surface area contributed by atoms with Gasteiger partial charge in [-0.25, -0.2) is 4.39 Å². The first-order valence-electron chi connectivity index (χ1n) is 8.47. The number of nitrogens with one attached hydrogen (secondary N) is 1. The first-order chi connectivity index (χ1) is 13.2. The van der Waals surface area contributed by atoms with Crippen molar-refractivity contribution < 1.29 is 9.18 Å². The number of carbonyl (C=O) groups is 1. The minimum atomic E-state index is -0.325. The summed E-state index contributed by atoms with van der Waals surface area (Å²) in [6.45, 7) is 0.201. The van der Waals surface area contributed by atoms with Crippen LogP contribution in [0.15, 0.2) is 66.7 Å². The molecule has 6 nitrogen and oxygen atoms in total. The molecule has 2 heterocycles. The standard InChI is InChI=1S/C20H16FN5O/c21-16-8-6-14(7-9-16)12-20(27)22-13-19-24-23-18-11-10-17(25-26(18)19)15-4-2-1-3-5-15/h1-11H,12-13H2,(H,22,27). The van der Waals surface area contributed by atoms with Gasteiger partial charge < -0.3 is 5.32 Å². The molecule has 1 amide bonds. The van der Waals surface area contributed by atoms with E-state index in [9.17, 15) is 9.18 Å². The van der Waals surface area contributed by atoms with Crippen molar-refractivity contribution in [2.75, 3.05) is 0 Å². The number of fused-ring (bicyclic) bond motifs is 1. The molecule has 7 heteroatoms. The van der Waals surface area contributed by atoms with Crippen LogP contribution in [-0.2, 0) is 17.8 Å². The molecule has 0 aliphatic carbocycles. The number of carbonyl (C=O) groups excluding carboxylic acids is 1. The first-order valence-corrected chi connectivity index (χ1v) is 8.47. The van der Waals surface area contributed by atoms with Gasteiger partial charge in [-0.1, -0.05) is 42.5 Å². The Morgan fingerprint density at radius 1 is 0.963 bits per heavy atom. The van der Waals surface area contributed by atoms with E-state index in [0.717, 1.165) is 16.8 Å². The molecular formula is C20H16FN5O. The van der Waals surface area contributed by atoms with E-state index in [4.69, 9.17) is 0 Å². The second-order valence-corrected chi connectivity index (χ2v) is 6.05. The third kappa shape index (κ3) is 3.82. The maximum atomic E-state index is 12.9. The van der Waals surface area contributed by atoms with Gasteiger partial charge >= 0.3 is 0 Å². The van der Waals surface area contributed by atoms with Crippen LogP contribution < -0.4 is 5.32 Å². The Hall–Kier alpha value is -3.61. The van der Waals surface area contributed by atoms with Gasteiger partial charge in [0.25, 0.3) is 0 Å². The van der Waals surface area contributed by atoms with E-state index >= 15 is 0 Å². The largest absolute Gasteiger partial charge is 0.348 e. The minimum Gasteiger partial charge on any atom is -0.348 e. The van der Waals surface area contributed by atoms with Crippen molar-refractivity contribution in [1.29, 1.82) is 0 Å². The molecule has 4 rings (SSSR count). The van der Waals surface area contributed by atoms with Gasteiger partial charge in [0.1, 0.15) is 5.82 Å². The lowest BCUT2D eigenvalue weighted by molar-refractivity contribution is -0.120. The fraction of sp³-hybridized carbons (Fsp3) is 0.100. The molecule has 0 fully saturated rings. The average molecular weight is 361 g/mol. The Morgan fingerprint density at radius 2 is 1.74 bits per heavy atom. The molecule has 4 aromatic rings. The molecule has 0 unspecified atom stereocenters. The van der Waals surface area contributed by atoms with Gasteiger partial charge in [0, 0.05) is 5.56 Å². The molecule has 1 N–H and O–H groups in total. The molecule has 0 atom stereocenters. The van der Waals surface area contributed by atoms with E-state index in [2.05, 4.69) is 20.6 Å². The second kappa shape index (κ2) is 7.33. The summed E-state index contributed by atoms with van der Waals surface area (Å²) in [7, 11) is 0. The van der Waals surface area contributed by atoms with Gasteiger partial charge in [-0.15, -0.1) is 10.2 Å². The average Bonchev–Trinajstić information content (AvgIpc) is 3.11. The monoisotopic (exact) mass is 361 g/mol. The third-order valence-corrected chi connectivity index (χ3v) is 4.12. The number of nitrogens with zero attached hydrogens (tertiary/aromatic N) is 4. The molecule has 0 saturated heterocycles. The van der Waals surface area contributed by atoms with Gasteiger partial charge in [0.15, 0.2) is 11.5 Å². The zero-order valence-electron chi connectivity index (χ0n) is 14.3. The summed E-state index contributed by atoms with van der Waals surface area (Å²) >= 11 is 0. The van der Waals surface area contributed by atoms with Crippen molar-refractivity contribution in [3.8, 4) is 11.3 Å². The first kappa shape index (κ1) is 16.8. The predicted molar refractivity (Wildman–Crippen MR) is 98.2 cm³/mol. The number of hydrogen-bond donors (Lipinski definition) is 1. The van der Waals surface area contributed by atoms with Crippen LogP contribution in [0.25, 0.3) is 16.9 Å². The summed E-state index contributed by atoms with van der Waals surface area (Å²) < 4.78 is 14.6. The molecule has 2 aromatic carbocycles. The lowest BCUT2D eigenvalue weighted by Crippen LogP contribution is -2.25. The number of rotatable bonds is 5. The van der Waals surface area contributed by atoms with Crippen LogP contribution in [0, 0.1) is 5.82 Å². The van der Waals surface area contributed by atoms with E-state index in [1.54, 1.807) is 16.6 Å². The number of amides is 1. The molecule has 134 valence electrons. The lowest BCUT2D eigenvalue weighted by Gasteiger charge is -2.05. The van der Waals surface area contributed by atoms with Crippen molar-refractivity contribution in [1.82, 2.24) is 25.1 Å². The predicted octanol–water partition coefficient (Wildman–Crippen LogP) is 2.79. The Bertz CT molecular complexity index is 1080. The highest BCUT2D eigenvalue weighted by Crippen LogP contribution is 2.16. The van der Waals surface area contributed by atoms with Gasteiger partial charge in [-0.2, -0.15) is 9.61 Å². The quantitative estimate of drug-likeness (QED) is 0.593. The Balaban J connectivity index is 1.48. The van der Waals surface area contributed by atoms with Gasteiger partial charge in [0.05, 0.1) is 18.7 Å². The van der Waals surface area contributed by atoms with E-state index in [1.807, 2.05) is 42.5 Å². The third-order valence-electron chi connectivity index (χ3n) is 4.12. The fourth-order valence-corrected chi connectivity index (χ4v) is 2.73. The number of halogens is 1. The highest BCUT2D eigenvalue weighted by Gasteiger charge is 2.10. The van der Waals surface area contributed by atoms with Crippen molar-refractivity contribution in [3.63, 3.8) is 0 Å². The van der Waals surface area contributed by atoms with E-state index in [-0.39, 0.29) is 24.7 Å². The number of benzene rings is 2. The minimum absolute atomic E-state index is 0.166. The van der Waals surface area contributed by atoms with Crippen LogP contribution in [0.3, 0.4) is 0 Å². The van der Waals surface area contributed by atoms with Crippen LogP contribution in [0.5, 0.6) is 0 Å². The summed E-state index contributed by atoms with van der Waals surface area (Å²) in [5.74, 6) is 0.0298. The summed E-state index contributed by atoms with van der Waals surface area (Å²) in [5, 5.41) is 15.6. The molecule has 0 bridgehead atoms. The van der Waals surface area contributed by atoms with E-state index in [1.165, 1.54) is 12.1 Å². The zero-order chi connectivity index (χ0) is 18.6. The van der Waals surface area contributed by atoms with E-state index in [0.29, 0.717) is 11.5 Å². The van der Waals surface area contributed by atoms with Crippen LogP contribution in [-0.4, -0.2) is 25.7 Å². The van der Waals surface area contributed by atoms with Gasteiger partial charge in [-0.3, -0.25) is 4.79 Å². The zero-order valence-corrected chi connectivity index (χ0v) is 14.3. The topological polar surface area (TPSA) is 72.2 Å². The highest BCUT2D eigenvalue weighted by atomic mass is 19.1. The number of hydrogen-bond acceptors (Lipinski definition) is 4. The summed E-state index contributed by atoms with van der Waals surface area (Å²) in [5.41, 5.74) is 3.13. The molecule has 2 aromatic heterocycles. The van der Waals surface area contributed by atoms with Crippen molar-refractivity contribution in [3.05, 3.63) is 83.9 Å². The maximum Gasteiger partial charge on any atom is 0.224 e. The second-order valence-electron chi connectivity index (χ2n) is 6.05. The fourth-order valence-electron chi connectivity index (χ4n) is 2.73. The van der Waals surface area contributed by atoms with Crippen LogP contribution in [0.4, 0.5) is 4.39 Å². The molecule has 0 radical (unpaired) electrons. The smallest absolute Gasteiger partial charge is 0.224 e. The lowest BCUT2D eigenvalue weighted by atomic mass is 10.1. The van der Waals surface area contributed by atoms with Crippen LogP contribution in [0.2, 0.25) is 0 Å². The van der Waals surface area contributed by atoms with Crippen LogP contribution >= 0.6 is 0 Å². The summed E-state index contributed by atoms with van der Waals surface area (Å²) in [4.78, 5) is 12.1. The molecule has 0 saturated carbocycles. The normalized spacial score (nSPS) is 10.9. The Morgan fingerprint density at radius 3 is 2.52 bits per heavy atom. The Labute approximate surface area is 154 Å². The van der Waals surface area contributed by atoms with Gasteiger partial charge in [-0.05, 0) is 29.8 Å². The summed E-state index contributed by atoms with van der Waals surface area (Å²) in [6.07, 6.45) is 0.166. The van der Waals surface area contributed by atoms with E-state index < -0.39 is 0 Å². The molecule has 0 aliphatic heterocycles. The van der Waals surface area contributed by atoms with Crippen molar-refractivity contribution in [2.24, 2.45) is 0 Å². The summed E-state index contributed by atoms with van der Waals surface area (Å²) in [6, 6.07) is 19.4. The highest BCUT2D eigenvalue weighted by molar-refractivity contribution is 5.78. The Kier molecular flexibility index (Phi) is 4.57. The van der Waals surface area contributed by atoms with Crippen molar-refractivity contribution in [2.45, 2.75) is 13.0 Å². The molecular weight excluding hydrogens is 345 g/mol. The van der Waals surface area contributed by atoms with Crippen molar-refractivity contribution >= 4 is 11.6 Å². The molecule has 0 spiro atoms. The van der Waals surface area contributed by atoms with Gasteiger partial charge in [0.2, 0.25) is 5.91 Å². The molecule has 0 aliphatic rings.